The van der Waals surface area contributed by atoms with Gasteiger partial charge in [-0.15, -0.1) is 0 Å². The van der Waals surface area contributed by atoms with Crippen molar-refractivity contribution in [2.75, 3.05) is 11.9 Å². The standard InChI is InChI=1S/C19H30N2O3/c1-5-15(10-11-22)20-17(23)12-14-6-8-16(9-7-14)21-18(24)13-19(2,3)4/h6-9,15,22H,5,10-13H2,1-4H3,(H,20,23)(H,21,24). The van der Waals surface area contributed by atoms with Gasteiger partial charge in [0, 0.05) is 24.8 Å². The summed E-state index contributed by atoms with van der Waals surface area (Å²) in [7, 11) is 0. The average molecular weight is 334 g/mol. The van der Waals surface area contributed by atoms with Crippen LogP contribution in [-0.2, 0) is 16.0 Å². The fraction of sp³-hybridized carbons (Fsp3) is 0.579. The van der Waals surface area contributed by atoms with Gasteiger partial charge in [0.05, 0.1) is 6.42 Å². The van der Waals surface area contributed by atoms with Crippen LogP contribution in [-0.4, -0.2) is 29.6 Å². The second-order valence-corrected chi connectivity index (χ2v) is 7.34. The average Bonchev–Trinajstić information content (AvgIpc) is 2.46. The fourth-order valence-electron chi connectivity index (χ4n) is 2.39. The summed E-state index contributed by atoms with van der Waals surface area (Å²) in [6, 6.07) is 7.33. The van der Waals surface area contributed by atoms with Crippen molar-refractivity contribution in [1.29, 1.82) is 0 Å². The van der Waals surface area contributed by atoms with Gasteiger partial charge in [-0.1, -0.05) is 39.8 Å². The van der Waals surface area contributed by atoms with Gasteiger partial charge < -0.3 is 15.7 Å². The third-order valence-electron chi connectivity index (χ3n) is 3.63. The largest absolute Gasteiger partial charge is 0.396 e. The number of rotatable bonds is 8. The summed E-state index contributed by atoms with van der Waals surface area (Å²) >= 11 is 0. The number of anilines is 1. The Bertz CT molecular complexity index is 533. The molecule has 1 unspecified atom stereocenters. The molecule has 134 valence electrons. The van der Waals surface area contributed by atoms with Gasteiger partial charge in [-0.25, -0.2) is 0 Å². The molecule has 0 bridgehead atoms. The van der Waals surface area contributed by atoms with Crippen LogP contribution in [0.3, 0.4) is 0 Å². The molecule has 0 saturated heterocycles. The van der Waals surface area contributed by atoms with Crippen LogP contribution in [0.25, 0.3) is 0 Å². The molecule has 0 aliphatic carbocycles. The number of carbonyl (C=O) groups excluding carboxylic acids is 2. The molecule has 1 aromatic rings. The van der Waals surface area contributed by atoms with E-state index in [0.29, 0.717) is 12.8 Å². The van der Waals surface area contributed by atoms with Crippen molar-refractivity contribution in [3.05, 3.63) is 29.8 Å². The predicted octanol–water partition coefficient (Wildman–Crippen LogP) is 2.88. The molecule has 0 fully saturated rings. The first-order valence-electron chi connectivity index (χ1n) is 8.52. The maximum absolute atomic E-state index is 12.0. The van der Waals surface area contributed by atoms with E-state index in [4.69, 9.17) is 5.11 Å². The second-order valence-electron chi connectivity index (χ2n) is 7.34. The summed E-state index contributed by atoms with van der Waals surface area (Å²) in [5.41, 5.74) is 1.58. The Labute approximate surface area is 144 Å². The molecule has 0 aliphatic heterocycles. The lowest BCUT2D eigenvalue weighted by atomic mass is 9.92. The normalized spacial score (nSPS) is 12.5. The Morgan fingerprint density at radius 2 is 1.75 bits per heavy atom. The molecule has 24 heavy (non-hydrogen) atoms. The van der Waals surface area contributed by atoms with Gasteiger partial charge in [0.15, 0.2) is 0 Å². The van der Waals surface area contributed by atoms with E-state index in [1.165, 1.54) is 0 Å². The highest BCUT2D eigenvalue weighted by molar-refractivity contribution is 5.91. The molecule has 5 heteroatoms. The highest BCUT2D eigenvalue weighted by atomic mass is 16.3. The number of carbonyl (C=O) groups is 2. The lowest BCUT2D eigenvalue weighted by Crippen LogP contribution is -2.36. The molecular weight excluding hydrogens is 304 g/mol. The van der Waals surface area contributed by atoms with Gasteiger partial charge in [0.1, 0.15) is 0 Å². The molecule has 5 nitrogen and oxygen atoms in total. The minimum Gasteiger partial charge on any atom is -0.396 e. The first-order chi connectivity index (χ1) is 11.2. The van der Waals surface area contributed by atoms with Crippen LogP contribution in [0.4, 0.5) is 5.69 Å². The van der Waals surface area contributed by atoms with Crippen molar-refractivity contribution in [3.63, 3.8) is 0 Å². The molecule has 0 radical (unpaired) electrons. The first-order valence-corrected chi connectivity index (χ1v) is 8.52. The lowest BCUT2D eigenvalue weighted by Gasteiger charge is -2.17. The smallest absolute Gasteiger partial charge is 0.224 e. The van der Waals surface area contributed by atoms with E-state index in [9.17, 15) is 9.59 Å². The molecule has 1 rings (SSSR count). The Balaban J connectivity index is 2.52. The lowest BCUT2D eigenvalue weighted by molar-refractivity contribution is -0.121. The summed E-state index contributed by atoms with van der Waals surface area (Å²) in [6.07, 6.45) is 2.12. The Kier molecular flexibility index (Phi) is 7.92. The van der Waals surface area contributed by atoms with E-state index in [0.717, 1.165) is 17.7 Å². The van der Waals surface area contributed by atoms with Gasteiger partial charge in [0.25, 0.3) is 0 Å². The number of aliphatic hydroxyl groups excluding tert-OH is 1. The maximum atomic E-state index is 12.0. The zero-order chi connectivity index (χ0) is 18.2. The van der Waals surface area contributed by atoms with E-state index in [2.05, 4.69) is 10.6 Å². The highest BCUT2D eigenvalue weighted by Gasteiger charge is 2.16. The summed E-state index contributed by atoms with van der Waals surface area (Å²) in [5.74, 6) is -0.0670. The molecule has 1 aromatic carbocycles. The van der Waals surface area contributed by atoms with Crippen LogP contribution in [0.1, 0.15) is 52.5 Å². The minimum atomic E-state index is -0.0557. The molecule has 0 aromatic heterocycles. The van der Waals surface area contributed by atoms with Gasteiger partial charge in [-0.2, -0.15) is 0 Å². The molecular formula is C19H30N2O3. The molecule has 0 aliphatic rings. The van der Waals surface area contributed by atoms with Crippen molar-refractivity contribution in [2.24, 2.45) is 5.41 Å². The van der Waals surface area contributed by atoms with E-state index < -0.39 is 0 Å². The van der Waals surface area contributed by atoms with Crippen LogP contribution >= 0.6 is 0 Å². The van der Waals surface area contributed by atoms with Gasteiger partial charge >= 0.3 is 0 Å². The Morgan fingerprint density at radius 1 is 1.12 bits per heavy atom. The topological polar surface area (TPSA) is 78.4 Å². The zero-order valence-corrected chi connectivity index (χ0v) is 15.2. The van der Waals surface area contributed by atoms with Crippen molar-refractivity contribution < 1.29 is 14.7 Å². The maximum Gasteiger partial charge on any atom is 0.224 e. The minimum absolute atomic E-state index is 0.0113. The third-order valence-corrected chi connectivity index (χ3v) is 3.63. The predicted molar refractivity (Wildman–Crippen MR) is 96.8 cm³/mol. The Morgan fingerprint density at radius 3 is 2.25 bits per heavy atom. The first kappa shape index (κ1) is 20.2. The number of hydrogen-bond acceptors (Lipinski definition) is 3. The number of nitrogens with one attached hydrogen (secondary N) is 2. The van der Waals surface area contributed by atoms with Crippen molar-refractivity contribution in [2.45, 2.75) is 59.4 Å². The highest BCUT2D eigenvalue weighted by Crippen LogP contribution is 2.19. The molecule has 0 spiro atoms. The quantitative estimate of drug-likeness (QED) is 0.684. The summed E-state index contributed by atoms with van der Waals surface area (Å²) in [6.45, 7) is 8.12. The summed E-state index contributed by atoms with van der Waals surface area (Å²) in [4.78, 5) is 23.9. The van der Waals surface area contributed by atoms with E-state index >= 15 is 0 Å². The van der Waals surface area contributed by atoms with Crippen molar-refractivity contribution in [1.82, 2.24) is 5.32 Å². The van der Waals surface area contributed by atoms with Gasteiger partial charge in [-0.3, -0.25) is 9.59 Å². The Hall–Kier alpha value is -1.88. The van der Waals surface area contributed by atoms with Crippen LogP contribution in [0, 0.1) is 5.41 Å². The number of amides is 2. The monoisotopic (exact) mass is 334 g/mol. The van der Waals surface area contributed by atoms with E-state index in [1.807, 2.05) is 52.0 Å². The molecule has 1 atom stereocenters. The van der Waals surface area contributed by atoms with Gasteiger partial charge in [0.2, 0.25) is 11.8 Å². The summed E-state index contributed by atoms with van der Waals surface area (Å²) in [5, 5.41) is 14.7. The number of aliphatic hydroxyl groups is 1. The second kappa shape index (κ2) is 9.42. The van der Waals surface area contributed by atoms with Crippen LogP contribution in [0.15, 0.2) is 24.3 Å². The van der Waals surface area contributed by atoms with E-state index in [-0.39, 0.29) is 36.3 Å². The zero-order valence-electron chi connectivity index (χ0n) is 15.2. The molecule has 3 N–H and O–H groups in total. The summed E-state index contributed by atoms with van der Waals surface area (Å²) < 4.78 is 0. The SMILES string of the molecule is CCC(CCO)NC(=O)Cc1ccc(NC(=O)CC(C)(C)C)cc1. The van der Waals surface area contributed by atoms with Crippen molar-refractivity contribution in [3.8, 4) is 0 Å². The fourth-order valence-corrected chi connectivity index (χ4v) is 2.39. The third kappa shape index (κ3) is 8.11. The number of benzene rings is 1. The number of hydrogen-bond donors (Lipinski definition) is 3. The van der Waals surface area contributed by atoms with Crippen molar-refractivity contribution >= 4 is 17.5 Å². The van der Waals surface area contributed by atoms with Crippen LogP contribution in [0.2, 0.25) is 0 Å². The van der Waals surface area contributed by atoms with E-state index in [1.54, 1.807) is 0 Å². The van der Waals surface area contributed by atoms with Crippen LogP contribution in [0.5, 0.6) is 0 Å². The van der Waals surface area contributed by atoms with Crippen LogP contribution < -0.4 is 10.6 Å². The molecule has 2 amide bonds. The van der Waals surface area contributed by atoms with Gasteiger partial charge in [-0.05, 0) is 36.0 Å². The molecule has 0 heterocycles. The molecule has 0 saturated carbocycles.